The van der Waals surface area contributed by atoms with Crippen molar-refractivity contribution in [2.75, 3.05) is 26.2 Å². The molecule has 2 aromatic rings. The zero-order valence-electron chi connectivity index (χ0n) is 14.9. The lowest BCUT2D eigenvalue weighted by Crippen LogP contribution is -2.50. The van der Waals surface area contributed by atoms with Crippen LogP contribution >= 0.6 is 27.3 Å². The molecular formula is C19H21BrN2O3S2. The van der Waals surface area contributed by atoms with Crippen molar-refractivity contribution in [3.63, 3.8) is 0 Å². The van der Waals surface area contributed by atoms with Crippen LogP contribution in [-0.2, 0) is 22.9 Å². The molecule has 4 rings (SSSR count). The Morgan fingerprint density at radius 3 is 2.33 bits per heavy atom. The third-order valence-corrected chi connectivity index (χ3v) is 8.85. The fourth-order valence-corrected chi connectivity index (χ4v) is 6.55. The van der Waals surface area contributed by atoms with E-state index in [0.717, 1.165) is 22.2 Å². The number of carbonyl (C=O) groups excluding carboxylic acids is 1. The third kappa shape index (κ3) is 3.85. The van der Waals surface area contributed by atoms with Crippen molar-refractivity contribution < 1.29 is 13.2 Å². The summed E-state index contributed by atoms with van der Waals surface area (Å²) >= 11 is 4.94. The van der Waals surface area contributed by atoms with Crippen molar-refractivity contribution in [2.45, 2.75) is 30.6 Å². The van der Waals surface area contributed by atoms with Gasteiger partial charge in [0, 0.05) is 35.5 Å². The Balaban J connectivity index is 1.43. The van der Waals surface area contributed by atoms with Crippen molar-refractivity contribution in [3.05, 3.63) is 50.1 Å². The first kappa shape index (κ1) is 19.1. The Morgan fingerprint density at radius 2 is 1.67 bits per heavy atom. The van der Waals surface area contributed by atoms with Crippen molar-refractivity contribution in [3.8, 4) is 0 Å². The second-order valence-electron chi connectivity index (χ2n) is 6.92. The van der Waals surface area contributed by atoms with Gasteiger partial charge >= 0.3 is 0 Å². The summed E-state index contributed by atoms with van der Waals surface area (Å²) in [6.45, 7) is 1.51. The summed E-state index contributed by atoms with van der Waals surface area (Å²) in [5, 5.41) is 0. The SMILES string of the molecule is O=C(c1cc2c(s1)CCCC2)N1CCN(S(=O)(=O)c2ccc(Br)cc2)CC1. The second kappa shape index (κ2) is 7.66. The maximum atomic E-state index is 12.8. The van der Waals surface area contributed by atoms with Gasteiger partial charge in [-0.15, -0.1) is 11.3 Å². The van der Waals surface area contributed by atoms with E-state index in [1.807, 2.05) is 6.07 Å². The van der Waals surface area contributed by atoms with Gasteiger partial charge in [0.2, 0.25) is 10.0 Å². The fraction of sp³-hybridized carbons (Fsp3) is 0.421. The van der Waals surface area contributed by atoms with Crippen LogP contribution in [0.4, 0.5) is 0 Å². The number of thiophene rings is 1. The molecule has 1 saturated heterocycles. The van der Waals surface area contributed by atoms with Crippen LogP contribution < -0.4 is 0 Å². The van der Waals surface area contributed by atoms with Gasteiger partial charge in [-0.2, -0.15) is 4.31 Å². The summed E-state index contributed by atoms with van der Waals surface area (Å²) in [5.74, 6) is 0.0371. The molecule has 0 spiro atoms. The average Bonchev–Trinajstić information content (AvgIpc) is 3.12. The van der Waals surface area contributed by atoms with Crippen LogP contribution in [0, 0.1) is 0 Å². The van der Waals surface area contributed by atoms with Crippen LogP contribution in [-0.4, -0.2) is 49.7 Å². The van der Waals surface area contributed by atoms with Crippen LogP contribution in [0.5, 0.6) is 0 Å². The summed E-state index contributed by atoms with van der Waals surface area (Å²) < 4.78 is 27.9. The maximum absolute atomic E-state index is 12.8. The van der Waals surface area contributed by atoms with E-state index in [0.29, 0.717) is 26.2 Å². The quantitative estimate of drug-likeness (QED) is 0.691. The fourth-order valence-electron chi connectivity index (χ4n) is 3.64. The molecule has 1 fully saturated rings. The second-order valence-corrected chi connectivity index (χ2v) is 10.9. The molecule has 0 N–H and O–H groups in total. The van der Waals surface area contributed by atoms with Gasteiger partial charge in [0.25, 0.3) is 5.91 Å². The van der Waals surface area contributed by atoms with Crippen LogP contribution in [0.15, 0.2) is 39.7 Å². The topological polar surface area (TPSA) is 57.7 Å². The number of rotatable bonds is 3. The summed E-state index contributed by atoms with van der Waals surface area (Å²) in [6, 6.07) is 8.71. The molecule has 1 aromatic heterocycles. The number of aryl methyl sites for hydroxylation is 2. The predicted octanol–water partition coefficient (Wildman–Crippen LogP) is 3.54. The summed E-state index contributed by atoms with van der Waals surface area (Å²) in [4.78, 5) is 17.1. The minimum absolute atomic E-state index is 0.0371. The first-order valence-corrected chi connectivity index (χ1v) is 12.2. The minimum Gasteiger partial charge on any atom is -0.335 e. The van der Waals surface area contributed by atoms with Crippen molar-refractivity contribution in [1.29, 1.82) is 0 Å². The molecule has 27 heavy (non-hydrogen) atoms. The maximum Gasteiger partial charge on any atom is 0.264 e. The zero-order chi connectivity index (χ0) is 19.0. The van der Waals surface area contributed by atoms with Gasteiger partial charge < -0.3 is 4.90 Å². The molecule has 1 amide bonds. The highest BCUT2D eigenvalue weighted by Gasteiger charge is 2.31. The Hall–Kier alpha value is -1.22. The Morgan fingerprint density at radius 1 is 1.00 bits per heavy atom. The lowest BCUT2D eigenvalue weighted by Gasteiger charge is -2.33. The molecule has 144 valence electrons. The molecule has 0 saturated carbocycles. The van der Waals surface area contributed by atoms with Crippen LogP contribution in [0.25, 0.3) is 0 Å². The number of halogens is 1. The molecule has 0 unspecified atom stereocenters. The number of piperazine rings is 1. The molecular weight excluding hydrogens is 448 g/mol. The van der Waals surface area contributed by atoms with E-state index < -0.39 is 10.0 Å². The van der Waals surface area contributed by atoms with Crippen molar-refractivity contribution in [1.82, 2.24) is 9.21 Å². The smallest absolute Gasteiger partial charge is 0.264 e. The number of sulfonamides is 1. The number of benzene rings is 1. The van der Waals surface area contributed by atoms with Gasteiger partial charge in [0.1, 0.15) is 0 Å². The van der Waals surface area contributed by atoms with Gasteiger partial charge in [0.05, 0.1) is 9.77 Å². The average molecular weight is 469 g/mol. The first-order valence-electron chi connectivity index (χ1n) is 9.12. The van der Waals surface area contributed by atoms with E-state index in [-0.39, 0.29) is 10.8 Å². The number of carbonyl (C=O) groups is 1. The molecule has 2 heterocycles. The summed E-state index contributed by atoms with van der Waals surface area (Å²) in [7, 11) is -3.52. The van der Waals surface area contributed by atoms with Crippen LogP contribution in [0.1, 0.15) is 33.0 Å². The van der Waals surface area contributed by atoms with E-state index in [4.69, 9.17) is 0 Å². The highest BCUT2D eigenvalue weighted by molar-refractivity contribution is 9.10. The summed E-state index contributed by atoms with van der Waals surface area (Å²) in [6.07, 6.45) is 4.54. The molecule has 0 radical (unpaired) electrons. The van der Waals surface area contributed by atoms with Gasteiger partial charge in [-0.3, -0.25) is 4.79 Å². The number of fused-ring (bicyclic) bond motifs is 1. The lowest BCUT2D eigenvalue weighted by molar-refractivity contribution is 0.0702. The third-order valence-electron chi connectivity index (χ3n) is 5.18. The van der Waals surface area contributed by atoms with Gasteiger partial charge in [-0.25, -0.2) is 8.42 Å². The molecule has 1 aliphatic carbocycles. The highest BCUT2D eigenvalue weighted by Crippen LogP contribution is 2.30. The molecule has 5 nitrogen and oxygen atoms in total. The molecule has 2 aliphatic rings. The Kier molecular flexibility index (Phi) is 5.42. The van der Waals surface area contributed by atoms with Gasteiger partial charge in [-0.05, 0) is 61.6 Å². The predicted molar refractivity (Wildman–Crippen MR) is 110 cm³/mol. The van der Waals surface area contributed by atoms with E-state index in [9.17, 15) is 13.2 Å². The van der Waals surface area contributed by atoms with Gasteiger partial charge in [-0.1, -0.05) is 15.9 Å². The van der Waals surface area contributed by atoms with Crippen LogP contribution in [0.3, 0.4) is 0 Å². The zero-order valence-corrected chi connectivity index (χ0v) is 18.1. The minimum atomic E-state index is -3.52. The molecule has 1 aromatic carbocycles. The van der Waals surface area contributed by atoms with E-state index >= 15 is 0 Å². The van der Waals surface area contributed by atoms with Crippen LogP contribution in [0.2, 0.25) is 0 Å². The number of hydrogen-bond donors (Lipinski definition) is 0. The number of nitrogens with zero attached hydrogens (tertiary/aromatic N) is 2. The molecule has 0 atom stereocenters. The first-order chi connectivity index (χ1) is 12.9. The van der Waals surface area contributed by atoms with E-state index in [1.54, 1.807) is 40.5 Å². The standard InChI is InChI=1S/C19H21BrN2O3S2/c20-15-5-7-16(8-6-15)27(24,25)22-11-9-21(10-12-22)19(23)18-13-14-3-1-2-4-17(14)26-18/h5-8,13H,1-4,9-12H2. The Labute approximate surface area is 172 Å². The van der Waals surface area contributed by atoms with Crippen molar-refractivity contribution in [2.24, 2.45) is 0 Å². The Bertz CT molecular complexity index is 922. The van der Waals surface area contributed by atoms with E-state index in [2.05, 4.69) is 15.9 Å². The number of amides is 1. The summed E-state index contributed by atoms with van der Waals surface area (Å²) in [5.41, 5.74) is 1.33. The molecule has 0 bridgehead atoms. The van der Waals surface area contributed by atoms with E-state index in [1.165, 1.54) is 27.6 Å². The number of hydrogen-bond acceptors (Lipinski definition) is 4. The monoisotopic (exact) mass is 468 g/mol. The van der Waals surface area contributed by atoms with Crippen molar-refractivity contribution >= 4 is 43.2 Å². The molecule has 1 aliphatic heterocycles. The van der Waals surface area contributed by atoms with Gasteiger partial charge in [0.15, 0.2) is 0 Å². The molecule has 8 heteroatoms. The largest absolute Gasteiger partial charge is 0.335 e. The highest BCUT2D eigenvalue weighted by atomic mass is 79.9. The lowest BCUT2D eigenvalue weighted by atomic mass is 9.99. The normalized spacial score (nSPS) is 18.3.